The van der Waals surface area contributed by atoms with Gasteiger partial charge in [-0.15, -0.1) is 0 Å². The Bertz CT molecular complexity index is 1000. The molecule has 4 nitrogen and oxygen atoms in total. The van der Waals surface area contributed by atoms with Crippen LogP contribution in [-0.2, 0) is 13.0 Å². The molecular formula is C21H25N3OS2. The molecule has 0 aliphatic carbocycles. The number of carbonyl (C=O) groups excluding carboxylic acids is 1. The van der Waals surface area contributed by atoms with Crippen molar-refractivity contribution < 1.29 is 4.79 Å². The second kappa shape index (κ2) is 8.76. The van der Waals surface area contributed by atoms with Crippen molar-refractivity contribution in [2.45, 2.75) is 19.9 Å². The average molecular weight is 400 g/mol. The minimum absolute atomic E-state index is 0.194. The van der Waals surface area contributed by atoms with E-state index in [1.54, 1.807) is 23.1 Å². The lowest BCUT2D eigenvalue weighted by atomic mass is 10.2. The second-order valence-corrected chi connectivity index (χ2v) is 8.54. The van der Waals surface area contributed by atoms with Crippen molar-refractivity contribution in [1.82, 2.24) is 4.57 Å². The topological polar surface area (TPSA) is 37.6 Å². The van der Waals surface area contributed by atoms with Crippen LogP contribution >= 0.6 is 23.1 Å². The Morgan fingerprint density at radius 3 is 2.56 bits per heavy atom. The summed E-state index contributed by atoms with van der Waals surface area (Å²) in [6.45, 7) is 3.00. The first-order valence-electron chi connectivity index (χ1n) is 9.01. The van der Waals surface area contributed by atoms with Crippen LogP contribution in [0.5, 0.6) is 0 Å². The number of nitrogens with zero attached hydrogens (tertiary/aromatic N) is 3. The number of thiazole rings is 1. The van der Waals surface area contributed by atoms with Crippen LogP contribution in [0.4, 0.5) is 5.69 Å². The molecule has 0 atom stereocenters. The number of benzene rings is 2. The van der Waals surface area contributed by atoms with Gasteiger partial charge in [-0.05, 0) is 54.6 Å². The van der Waals surface area contributed by atoms with Gasteiger partial charge in [-0.2, -0.15) is 16.8 Å². The number of thioether (sulfide) groups is 1. The Balaban J connectivity index is 2.03. The minimum Gasteiger partial charge on any atom is -0.378 e. The molecule has 27 heavy (non-hydrogen) atoms. The maximum absolute atomic E-state index is 12.7. The fourth-order valence-corrected chi connectivity index (χ4v) is 4.36. The van der Waals surface area contributed by atoms with Gasteiger partial charge in [-0.1, -0.05) is 24.3 Å². The third-order valence-electron chi connectivity index (χ3n) is 4.50. The highest BCUT2D eigenvalue weighted by atomic mass is 32.2. The Kier molecular flexibility index (Phi) is 6.39. The second-order valence-electron chi connectivity index (χ2n) is 6.54. The quantitative estimate of drug-likeness (QED) is 0.615. The van der Waals surface area contributed by atoms with E-state index in [0.29, 0.717) is 5.56 Å². The van der Waals surface area contributed by atoms with E-state index in [1.807, 2.05) is 43.3 Å². The normalized spacial score (nSPS) is 11.9. The van der Waals surface area contributed by atoms with Crippen LogP contribution in [0.3, 0.4) is 0 Å². The third-order valence-corrected chi connectivity index (χ3v) is 6.13. The summed E-state index contributed by atoms with van der Waals surface area (Å²) in [6, 6.07) is 14.1. The summed E-state index contributed by atoms with van der Waals surface area (Å²) in [5.74, 6) is 0.792. The molecule has 1 heterocycles. The predicted octanol–water partition coefficient (Wildman–Crippen LogP) is 4.44. The monoisotopic (exact) mass is 399 g/mol. The molecule has 3 aromatic rings. The van der Waals surface area contributed by atoms with Gasteiger partial charge in [0, 0.05) is 37.6 Å². The molecule has 0 aliphatic heterocycles. The number of aromatic nitrogens is 1. The van der Waals surface area contributed by atoms with Gasteiger partial charge in [0.25, 0.3) is 5.91 Å². The highest BCUT2D eigenvalue weighted by Gasteiger charge is 2.10. The minimum atomic E-state index is -0.194. The van der Waals surface area contributed by atoms with Crippen LogP contribution in [0, 0.1) is 0 Å². The first-order chi connectivity index (χ1) is 13.0. The van der Waals surface area contributed by atoms with E-state index in [4.69, 9.17) is 0 Å². The number of fused-ring (bicyclic) bond motifs is 1. The summed E-state index contributed by atoms with van der Waals surface area (Å²) >= 11 is 3.39. The standard InChI is InChI=1S/C21H25N3OS2/c1-5-15-6-11-18-19(14-15)27-21(24(18)12-13-26-4)22-20(25)16-7-9-17(10-8-16)23(2)3/h6-11,14H,5,12-13H2,1-4H3. The van der Waals surface area contributed by atoms with E-state index in [-0.39, 0.29) is 5.91 Å². The number of amides is 1. The zero-order valence-electron chi connectivity index (χ0n) is 16.2. The lowest BCUT2D eigenvalue weighted by Crippen LogP contribution is -2.18. The first-order valence-corrected chi connectivity index (χ1v) is 11.2. The van der Waals surface area contributed by atoms with Gasteiger partial charge in [0.1, 0.15) is 0 Å². The van der Waals surface area contributed by atoms with Gasteiger partial charge >= 0.3 is 0 Å². The van der Waals surface area contributed by atoms with Crippen molar-refractivity contribution in [3.05, 3.63) is 58.4 Å². The molecule has 0 spiro atoms. The van der Waals surface area contributed by atoms with E-state index in [0.717, 1.165) is 34.7 Å². The first kappa shape index (κ1) is 19.7. The molecule has 142 valence electrons. The Morgan fingerprint density at radius 1 is 1.19 bits per heavy atom. The van der Waals surface area contributed by atoms with Crippen LogP contribution in [0.15, 0.2) is 47.5 Å². The fourth-order valence-electron chi connectivity index (χ4n) is 2.88. The number of carbonyl (C=O) groups is 1. The number of aryl methyl sites for hydroxylation is 2. The maximum Gasteiger partial charge on any atom is 0.279 e. The molecule has 0 unspecified atom stereocenters. The van der Waals surface area contributed by atoms with Gasteiger partial charge in [-0.3, -0.25) is 4.79 Å². The van der Waals surface area contributed by atoms with E-state index >= 15 is 0 Å². The van der Waals surface area contributed by atoms with E-state index in [9.17, 15) is 4.79 Å². The molecule has 0 N–H and O–H groups in total. The van der Waals surface area contributed by atoms with Crippen LogP contribution in [-0.4, -0.2) is 36.6 Å². The van der Waals surface area contributed by atoms with Gasteiger partial charge in [0.05, 0.1) is 10.2 Å². The third kappa shape index (κ3) is 4.45. The van der Waals surface area contributed by atoms with E-state index < -0.39 is 0 Å². The number of hydrogen-bond acceptors (Lipinski definition) is 4. The van der Waals surface area contributed by atoms with Crippen molar-refractivity contribution >= 4 is 44.9 Å². The van der Waals surface area contributed by atoms with Gasteiger partial charge in [0.2, 0.25) is 0 Å². The summed E-state index contributed by atoms with van der Waals surface area (Å²) < 4.78 is 3.35. The maximum atomic E-state index is 12.7. The molecule has 0 saturated heterocycles. The van der Waals surface area contributed by atoms with Gasteiger partial charge in [0.15, 0.2) is 4.80 Å². The Morgan fingerprint density at radius 2 is 1.93 bits per heavy atom. The lowest BCUT2D eigenvalue weighted by Gasteiger charge is -2.11. The summed E-state index contributed by atoms with van der Waals surface area (Å²) in [4.78, 5) is 20.0. The van der Waals surface area contributed by atoms with Gasteiger partial charge < -0.3 is 9.47 Å². The zero-order valence-corrected chi connectivity index (χ0v) is 17.9. The molecule has 0 aliphatic rings. The fraction of sp³-hybridized carbons (Fsp3) is 0.333. The highest BCUT2D eigenvalue weighted by molar-refractivity contribution is 7.98. The van der Waals surface area contributed by atoms with E-state index in [1.165, 1.54) is 10.3 Å². The largest absolute Gasteiger partial charge is 0.378 e. The average Bonchev–Trinajstić information content (AvgIpc) is 3.02. The molecule has 0 radical (unpaired) electrons. The van der Waals surface area contributed by atoms with Crippen LogP contribution < -0.4 is 9.70 Å². The Hall–Kier alpha value is -2.05. The number of rotatable bonds is 6. The summed E-state index contributed by atoms with van der Waals surface area (Å²) in [5, 5.41) is 0. The molecule has 6 heteroatoms. The van der Waals surface area contributed by atoms with Crippen molar-refractivity contribution in [3.8, 4) is 0 Å². The van der Waals surface area contributed by atoms with Crippen molar-refractivity contribution in [2.75, 3.05) is 31.0 Å². The highest BCUT2D eigenvalue weighted by Crippen LogP contribution is 2.20. The van der Waals surface area contributed by atoms with Crippen LogP contribution in [0.25, 0.3) is 10.2 Å². The zero-order chi connectivity index (χ0) is 19.4. The molecule has 0 saturated carbocycles. The van der Waals surface area contributed by atoms with Crippen molar-refractivity contribution in [2.24, 2.45) is 4.99 Å². The molecule has 0 bridgehead atoms. The smallest absolute Gasteiger partial charge is 0.279 e. The molecule has 1 amide bonds. The predicted molar refractivity (Wildman–Crippen MR) is 118 cm³/mol. The summed E-state index contributed by atoms with van der Waals surface area (Å²) in [5.41, 5.74) is 4.14. The molecule has 3 rings (SSSR count). The van der Waals surface area contributed by atoms with Crippen molar-refractivity contribution in [3.63, 3.8) is 0 Å². The van der Waals surface area contributed by atoms with Crippen molar-refractivity contribution in [1.29, 1.82) is 0 Å². The SMILES string of the molecule is CCc1ccc2c(c1)sc(=NC(=O)c1ccc(N(C)C)cc1)n2CCSC. The Labute approximate surface area is 168 Å². The number of anilines is 1. The summed E-state index contributed by atoms with van der Waals surface area (Å²) in [6.07, 6.45) is 3.10. The van der Waals surface area contributed by atoms with Crippen LogP contribution in [0.1, 0.15) is 22.8 Å². The lowest BCUT2D eigenvalue weighted by molar-refractivity contribution is 0.0998. The number of hydrogen-bond donors (Lipinski definition) is 0. The summed E-state index contributed by atoms with van der Waals surface area (Å²) in [7, 11) is 3.97. The van der Waals surface area contributed by atoms with E-state index in [2.05, 4.69) is 40.9 Å². The molecule has 1 aromatic heterocycles. The van der Waals surface area contributed by atoms with Crippen LogP contribution in [0.2, 0.25) is 0 Å². The molecule has 0 fully saturated rings. The van der Waals surface area contributed by atoms with Gasteiger partial charge in [-0.25, -0.2) is 0 Å². The molecule has 2 aromatic carbocycles. The molecular weight excluding hydrogens is 374 g/mol.